The minimum absolute atomic E-state index is 0.135. The van der Waals surface area contributed by atoms with Gasteiger partial charge in [0.25, 0.3) is 0 Å². The van der Waals surface area contributed by atoms with Gasteiger partial charge in [-0.25, -0.2) is 4.68 Å². The summed E-state index contributed by atoms with van der Waals surface area (Å²) in [6.07, 6.45) is -4.29. The summed E-state index contributed by atoms with van der Waals surface area (Å²) >= 11 is 0. The molecule has 2 aromatic rings. The summed E-state index contributed by atoms with van der Waals surface area (Å²) in [6, 6.07) is 9.03. The van der Waals surface area contributed by atoms with Gasteiger partial charge in [-0.3, -0.25) is 0 Å². The zero-order chi connectivity index (χ0) is 15.6. The van der Waals surface area contributed by atoms with Gasteiger partial charge in [-0.2, -0.15) is 18.3 Å². The molecule has 1 aromatic heterocycles. The molecule has 0 fully saturated rings. The lowest BCUT2D eigenvalue weighted by Crippen LogP contribution is -2.33. The first kappa shape index (κ1) is 15.4. The van der Waals surface area contributed by atoms with E-state index in [1.165, 1.54) is 11.7 Å². The Bertz CT molecular complexity index is 605. The van der Waals surface area contributed by atoms with E-state index in [1.54, 1.807) is 19.1 Å². The van der Waals surface area contributed by atoms with Gasteiger partial charge in [-0.15, -0.1) is 0 Å². The van der Waals surface area contributed by atoms with E-state index in [2.05, 4.69) is 5.10 Å². The number of hydrogen-bond donors (Lipinski definition) is 1. The van der Waals surface area contributed by atoms with Crippen molar-refractivity contribution in [1.82, 2.24) is 9.78 Å². The summed E-state index contributed by atoms with van der Waals surface area (Å²) in [5, 5.41) is 4.33. The number of halogens is 3. The fraction of sp³-hybridized carbons (Fsp3) is 0.357. The Morgan fingerprint density at radius 2 is 1.86 bits per heavy atom. The molecule has 21 heavy (non-hydrogen) atoms. The molecule has 2 rings (SSSR count). The molecule has 0 aliphatic carbocycles. The molecule has 0 bridgehead atoms. The quantitative estimate of drug-likeness (QED) is 0.944. The summed E-state index contributed by atoms with van der Waals surface area (Å²) in [7, 11) is 1.39. The summed E-state index contributed by atoms with van der Waals surface area (Å²) in [6.45, 7) is 0.820. The van der Waals surface area contributed by atoms with Crippen LogP contribution in [0.1, 0.15) is 11.3 Å². The number of para-hydroxylation sites is 1. The van der Waals surface area contributed by atoms with Crippen LogP contribution >= 0.6 is 0 Å². The number of rotatable bonds is 4. The van der Waals surface area contributed by atoms with Crippen LogP contribution in [0.5, 0.6) is 0 Å². The average Bonchev–Trinajstić information content (AvgIpc) is 2.74. The maximum absolute atomic E-state index is 12.7. The van der Waals surface area contributed by atoms with E-state index < -0.39 is 12.7 Å². The monoisotopic (exact) mass is 298 g/mol. The molecule has 0 aliphatic heterocycles. The van der Waals surface area contributed by atoms with E-state index in [-0.39, 0.29) is 6.54 Å². The lowest BCUT2D eigenvalue weighted by molar-refractivity contribution is -0.119. The van der Waals surface area contributed by atoms with Gasteiger partial charge in [-0.1, -0.05) is 18.2 Å². The van der Waals surface area contributed by atoms with Crippen LogP contribution in [0.2, 0.25) is 0 Å². The summed E-state index contributed by atoms with van der Waals surface area (Å²) in [5.74, 6) is 0.374. The Hall–Kier alpha value is -2.02. The number of aromatic nitrogens is 2. The normalized spacial score (nSPS) is 11.7. The molecular formula is C14H17F3N4. The second kappa shape index (κ2) is 5.77. The van der Waals surface area contributed by atoms with Gasteiger partial charge >= 0.3 is 6.18 Å². The number of hydrogen-bond acceptors (Lipinski definition) is 3. The highest BCUT2D eigenvalue weighted by Crippen LogP contribution is 2.28. The van der Waals surface area contributed by atoms with Crippen LogP contribution < -0.4 is 10.6 Å². The molecule has 1 heterocycles. The van der Waals surface area contributed by atoms with Crippen LogP contribution in [0.15, 0.2) is 30.3 Å². The van der Waals surface area contributed by atoms with Gasteiger partial charge in [-0.05, 0) is 19.1 Å². The fourth-order valence-electron chi connectivity index (χ4n) is 2.27. The molecular weight excluding hydrogens is 281 g/mol. The van der Waals surface area contributed by atoms with E-state index in [9.17, 15) is 13.2 Å². The minimum atomic E-state index is -4.29. The summed E-state index contributed by atoms with van der Waals surface area (Å²) < 4.78 is 39.5. The third-order valence-electron chi connectivity index (χ3n) is 3.14. The van der Waals surface area contributed by atoms with Gasteiger partial charge in [0.2, 0.25) is 0 Å². The first-order chi connectivity index (χ1) is 9.83. The topological polar surface area (TPSA) is 47.1 Å². The van der Waals surface area contributed by atoms with Crippen LogP contribution in [0.3, 0.4) is 0 Å². The van der Waals surface area contributed by atoms with Crippen LogP contribution in [-0.4, -0.2) is 29.5 Å². The molecule has 0 saturated carbocycles. The van der Waals surface area contributed by atoms with Crippen molar-refractivity contribution in [3.05, 3.63) is 41.6 Å². The molecule has 0 spiro atoms. The summed E-state index contributed by atoms with van der Waals surface area (Å²) in [4.78, 5) is 1.13. The van der Waals surface area contributed by atoms with Crippen LogP contribution in [0.25, 0.3) is 5.69 Å². The molecule has 7 heteroatoms. The highest BCUT2D eigenvalue weighted by atomic mass is 19.4. The van der Waals surface area contributed by atoms with Crippen molar-refractivity contribution < 1.29 is 13.2 Å². The number of nitrogens with zero attached hydrogens (tertiary/aromatic N) is 3. The fourth-order valence-corrected chi connectivity index (χ4v) is 2.27. The van der Waals surface area contributed by atoms with Crippen molar-refractivity contribution in [2.45, 2.75) is 19.6 Å². The molecule has 0 saturated heterocycles. The third-order valence-corrected chi connectivity index (χ3v) is 3.14. The number of anilines is 1. The van der Waals surface area contributed by atoms with Crippen LogP contribution in [0, 0.1) is 6.92 Å². The highest BCUT2D eigenvalue weighted by Gasteiger charge is 2.32. The van der Waals surface area contributed by atoms with E-state index in [0.717, 1.165) is 4.90 Å². The number of alkyl halides is 3. The standard InChI is InChI=1S/C14H17F3N4/c1-10-12(8-18)13(20(2)9-14(15,16)17)21(19-10)11-6-4-3-5-7-11/h3-7H,8-9,18H2,1-2H3. The SMILES string of the molecule is Cc1nn(-c2ccccc2)c(N(C)CC(F)(F)F)c1CN. The molecule has 0 amide bonds. The van der Waals surface area contributed by atoms with Gasteiger partial charge in [0.15, 0.2) is 0 Å². The molecule has 0 aliphatic rings. The molecule has 4 nitrogen and oxygen atoms in total. The van der Waals surface area contributed by atoms with Crippen molar-refractivity contribution >= 4 is 5.82 Å². The van der Waals surface area contributed by atoms with Gasteiger partial charge in [0.1, 0.15) is 12.4 Å². The van der Waals surface area contributed by atoms with Crippen LogP contribution in [0.4, 0.5) is 19.0 Å². The molecule has 114 valence electrons. The average molecular weight is 298 g/mol. The highest BCUT2D eigenvalue weighted by molar-refractivity contribution is 5.55. The largest absolute Gasteiger partial charge is 0.405 e. The Labute approximate surface area is 121 Å². The van der Waals surface area contributed by atoms with Gasteiger partial charge < -0.3 is 10.6 Å². The third kappa shape index (κ3) is 3.36. The Morgan fingerprint density at radius 3 is 2.38 bits per heavy atom. The van der Waals surface area contributed by atoms with Gasteiger partial charge in [0, 0.05) is 19.2 Å². The predicted molar refractivity (Wildman–Crippen MR) is 75.5 cm³/mol. The maximum atomic E-state index is 12.7. The van der Waals surface area contributed by atoms with Crippen LogP contribution in [-0.2, 0) is 6.54 Å². The number of benzene rings is 1. The Kier molecular flexibility index (Phi) is 4.22. The van der Waals surface area contributed by atoms with E-state index in [0.29, 0.717) is 22.8 Å². The maximum Gasteiger partial charge on any atom is 0.405 e. The predicted octanol–water partition coefficient (Wildman–Crippen LogP) is 2.64. The van der Waals surface area contributed by atoms with Gasteiger partial charge in [0.05, 0.1) is 11.4 Å². The molecule has 2 N–H and O–H groups in total. The first-order valence-electron chi connectivity index (χ1n) is 6.45. The minimum Gasteiger partial charge on any atom is -0.350 e. The lowest BCUT2D eigenvalue weighted by Gasteiger charge is -2.23. The zero-order valence-electron chi connectivity index (χ0n) is 11.9. The second-order valence-corrected chi connectivity index (χ2v) is 4.81. The smallest absolute Gasteiger partial charge is 0.350 e. The Morgan fingerprint density at radius 1 is 1.24 bits per heavy atom. The lowest BCUT2D eigenvalue weighted by atomic mass is 10.2. The van der Waals surface area contributed by atoms with E-state index >= 15 is 0 Å². The van der Waals surface area contributed by atoms with Crippen molar-refractivity contribution in [3.8, 4) is 5.69 Å². The molecule has 0 unspecified atom stereocenters. The van der Waals surface area contributed by atoms with E-state index in [1.807, 2.05) is 18.2 Å². The molecule has 0 radical (unpaired) electrons. The number of nitrogens with two attached hydrogens (primary N) is 1. The summed E-state index contributed by atoms with van der Waals surface area (Å²) in [5.41, 5.74) is 7.63. The first-order valence-corrected chi connectivity index (χ1v) is 6.45. The van der Waals surface area contributed by atoms with Crippen molar-refractivity contribution in [3.63, 3.8) is 0 Å². The molecule has 1 aromatic carbocycles. The molecule has 0 atom stereocenters. The second-order valence-electron chi connectivity index (χ2n) is 4.81. The van der Waals surface area contributed by atoms with Crippen molar-refractivity contribution in [1.29, 1.82) is 0 Å². The van der Waals surface area contributed by atoms with E-state index in [4.69, 9.17) is 5.73 Å². The number of aryl methyl sites for hydroxylation is 1. The Balaban J connectivity index is 2.52. The zero-order valence-corrected chi connectivity index (χ0v) is 11.9. The van der Waals surface area contributed by atoms with Crippen molar-refractivity contribution in [2.24, 2.45) is 5.73 Å². The van der Waals surface area contributed by atoms with Crippen molar-refractivity contribution in [2.75, 3.05) is 18.5 Å².